The van der Waals surface area contributed by atoms with Crippen LogP contribution in [0.5, 0.6) is 0 Å². The highest BCUT2D eigenvalue weighted by atomic mass is 16.7. The monoisotopic (exact) mass is 366 g/mol. The summed E-state index contributed by atoms with van der Waals surface area (Å²) in [6.07, 6.45) is 8.88. The zero-order valence-electron chi connectivity index (χ0n) is 15.9. The number of rotatable bonds is 3. The topological polar surface area (TPSA) is 18.5 Å². The van der Waals surface area contributed by atoms with Gasteiger partial charge in [0.25, 0.3) is 0 Å². The van der Waals surface area contributed by atoms with E-state index < -0.39 is 0 Å². The van der Waals surface area contributed by atoms with Gasteiger partial charge in [-0.1, -0.05) is 54.6 Å². The van der Waals surface area contributed by atoms with Crippen LogP contribution in [0.1, 0.15) is 36.8 Å². The number of hydrogen-bond acceptors (Lipinski definition) is 2. The molecule has 1 aliphatic heterocycles. The molecule has 138 valence electrons. The predicted octanol–water partition coefficient (Wildman–Crippen LogP) is 6.03. The molecule has 1 fully saturated rings. The lowest BCUT2D eigenvalue weighted by molar-refractivity contribution is 0.0629. The summed E-state index contributed by atoms with van der Waals surface area (Å²) < 4.78 is 11.3. The smallest absolute Gasteiger partial charge is 0.189 e. The Bertz CT molecular complexity index is 1070. The van der Waals surface area contributed by atoms with Gasteiger partial charge in [-0.05, 0) is 76.5 Å². The Hall–Kier alpha value is -2.84. The van der Waals surface area contributed by atoms with E-state index in [1.807, 2.05) is 0 Å². The van der Waals surface area contributed by atoms with Crippen molar-refractivity contribution in [1.82, 2.24) is 0 Å². The van der Waals surface area contributed by atoms with E-state index in [9.17, 15) is 0 Å². The van der Waals surface area contributed by atoms with Gasteiger partial charge in [0.1, 0.15) is 11.9 Å². The molecule has 0 saturated carbocycles. The van der Waals surface area contributed by atoms with E-state index in [1.165, 1.54) is 44.5 Å². The van der Waals surface area contributed by atoms with Crippen molar-refractivity contribution in [2.75, 3.05) is 6.79 Å². The second-order valence-corrected chi connectivity index (χ2v) is 8.00. The van der Waals surface area contributed by atoms with Crippen molar-refractivity contribution in [3.63, 3.8) is 0 Å². The molecular formula is C26H22O2. The Morgan fingerprint density at radius 2 is 1.64 bits per heavy atom. The van der Waals surface area contributed by atoms with Crippen LogP contribution >= 0.6 is 0 Å². The molecule has 1 atom stereocenters. The van der Waals surface area contributed by atoms with Crippen LogP contribution in [0.3, 0.4) is 0 Å². The number of benzene rings is 2. The Balaban J connectivity index is 1.30. The first kappa shape index (κ1) is 16.1. The Kier molecular flexibility index (Phi) is 3.51. The molecule has 6 rings (SSSR count). The average Bonchev–Trinajstić information content (AvgIpc) is 3.38. The molecule has 0 radical (unpaired) electrons. The first-order valence-electron chi connectivity index (χ1n) is 10.1. The maximum absolute atomic E-state index is 5.70. The molecule has 1 heterocycles. The number of fused-ring (bicyclic) bond motifs is 5. The standard InChI is InChI=1S/C26H22O2/c1-16-12-17-13-25-26(28-15-27-25)14-24(17)18(16)10-11-23-21-8-4-2-6-19(21)20-7-3-5-9-22(20)23/h2-9,12-14,23,26H,10-11,15H2,1H3. The summed E-state index contributed by atoms with van der Waals surface area (Å²) in [4.78, 5) is 0. The molecule has 2 aromatic carbocycles. The van der Waals surface area contributed by atoms with Gasteiger partial charge < -0.3 is 9.47 Å². The molecule has 2 aromatic rings. The van der Waals surface area contributed by atoms with E-state index in [1.54, 1.807) is 0 Å². The summed E-state index contributed by atoms with van der Waals surface area (Å²) >= 11 is 0. The molecule has 4 aliphatic rings. The van der Waals surface area contributed by atoms with Crippen LogP contribution in [-0.4, -0.2) is 12.9 Å². The minimum Gasteiger partial charge on any atom is -0.469 e. The van der Waals surface area contributed by atoms with Crippen molar-refractivity contribution >= 4 is 0 Å². The molecule has 28 heavy (non-hydrogen) atoms. The quantitative estimate of drug-likeness (QED) is 0.660. The molecular weight excluding hydrogens is 344 g/mol. The average molecular weight is 366 g/mol. The highest BCUT2D eigenvalue weighted by Gasteiger charge is 2.32. The van der Waals surface area contributed by atoms with E-state index in [0.29, 0.717) is 12.7 Å². The summed E-state index contributed by atoms with van der Waals surface area (Å²) in [7, 11) is 0. The first-order valence-corrected chi connectivity index (χ1v) is 10.1. The lowest BCUT2D eigenvalue weighted by Gasteiger charge is -2.19. The molecule has 3 aliphatic carbocycles. The zero-order chi connectivity index (χ0) is 18.7. The summed E-state index contributed by atoms with van der Waals surface area (Å²) in [5, 5.41) is 0. The minimum absolute atomic E-state index is 0.0130. The molecule has 1 unspecified atom stereocenters. The van der Waals surface area contributed by atoms with Crippen molar-refractivity contribution in [2.45, 2.75) is 31.8 Å². The maximum atomic E-state index is 5.70. The summed E-state index contributed by atoms with van der Waals surface area (Å²) in [5.41, 5.74) is 11.2. The third-order valence-corrected chi connectivity index (χ3v) is 6.50. The predicted molar refractivity (Wildman–Crippen MR) is 111 cm³/mol. The van der Waals surface area contributed by atoms with Gasteiger partial charge in [-0.25, -0.2) is 0 Å². The van der Waals surface area contributed by atoms with Gasteiger partial charge >= 0.3 is 0 Å². The maximum Gasteiger partial charge on any atom is 0.189 e. The van der Waals surface area contributed by atoms with E-state index in [-0.39, 0.29) is 6.10 Å². The molecule has 2 nitrogen and oxygen atoms in total. The molecule has 0 amide bonds. The Morgan fingerprint density at radius 3 is 2.39 bits per heavy atom. The fourth-order valence-electron chi connectivity index (χ4n) is 5.19. The van der Waals surface area contributed by atoms with Crippen LogP contribution in [0.25, 0.3) is 11.1 Å². The Labute approximate surface area is 165 Å². The van der Waals surface area contributed by atoms with Crippen LogP contribution in [0.15, 0.2) is 94.8 Å². The largest absolute Gasteiger partial charge is 0.469 e. The van der Waals surface area contributed by atoms with Crippen LogP contribution in [0, 0.1) is 0 Å². The van der Waals surface area contributed by atoms with Crippen molar-refractivity contribution in [3.8, 4) is 11.1 Å². The zero-order valence-corrected chi connectivity index (χ0v) is 15.9. The van der Waals surface area contributed by atoms with Gasteiger partial charge in [-0.3, -0.25) is 0 Å². The van der Waals surface area contributed by atoms with Crippen LogP contribution in [0.4, 0.5) is 0 Å². The van der Waals surface area contributed by atoms with E-state index >= 15 is 0 Å². The van der Waals surface area contributed by atoms with Gasteiger partial charge in [-0.2, -0.15) is 0 Å². The second kappa shape index (κ2) is 6.08. The van der Waals surface area contributed by atoms with E-state index in [4.69, 9.17) is 9.47 Å². The highest BCUT2D eigenvalue weighted by Crippen LogP contribution is 2.48. The number of hydrogen-bond donors (Lipinski definition) is 0. The molecule has 0 aromatic heterocycles. The molecule has 0 N–H and O–H groups in total. The molecule has 0 spiro atoms. The molecule has 1 saturated heterocycles. The van der Waals surface area contributed by atoms with Gasteiger partial charge in [0.15, 0.2) is 6.79 Å². The lowest BCUT2D eigenvalue weighted by Crippen LogP contribution is -2.10. The van der Waals surface area contributed by atoms with Gasteiger partial charge in [0.05, 0.1) is 0 Å². The minimum atomic E-state index is -0.0130. The van der Waals surface area contributed by atoms with Crippen molar-refractivity contribution < 1.29 is 9.47 Å². The summed E-state index contributed by atoms with van der Waals surface area (Å²) in [6.45, 7) is 2.59. The first-order chi connectivity index (χ1) is 13.8. The van der Waals surface area contributed by atoms with Crippen molar-refractivity contribution in [1.29, 1.82) is 0 Å². The SMILES string of the molecule is CC1=C(CCC2c3ccccc3-c3ccccc32)C2=CC3OCOC3=CC2=C1. The third kappa shape index (κ3) is 2.31. The number of allylic oxidation sites excluding steroid dienone is 6. The fraction of sp³-hybridized carbons (Fsp3) is 0.231. The lowest BCUT2D eigenvalue weighted by atomic mass is 9.86. The normalized spacial score (nSPS) is 22.0. The van der Waals surface area contributed by atoms with Crippen LogP contribution in [-0.2, 0) is 9.47 Å². The van der Waals surface area contributed by atoms with Gasteiger partial charge in [0.2, 0.25) is 0 Å². The van der Waals surface area contributed by atoms with E-state index in [2.05, 4.69) is 73.7 Å². The fourth-order valence-corrected chi connectivity index (χ4v) is 5.19. The van der Waals surface area contributed by atoms with Crippen LogP contribution in [0.2, 0.25) is 0 Å². The van der Waals surface area contributed by atoms with Gasteiger partial charge in [-0.15, -0.1) is 0 Å². The van der Waals surface area contributed by atoms with Crippen molar-refractivity contribution in [2.24, 2.45) is 0 Å². The Morgan fingerprint density at radius 1 is 0.929 bits per heavy atom. The highest BCUT2D eigenvalue weighted by molar-refractivity contribution is 5.78. The second-order valence-electron chi connectivity index (χ2n) is 8.00. The van der Waals surface area contributed by atoms with Crippen LogP contribution < -0.4 is 0 Å². The number of ether oxygens (including phenoxy) is 2. The van der Waals surface area contributed by atoms with Gasteiger partial charge in [0, 0.05) is 5.92 Å². The third-order valence-electron chi connectivity index (χ3n) is 6.50. The summed E-state index contributed by atoms with van der Waals surface area (Å²) in [6, 6.07) is 17.8. The summed E-state index contributed by atoms with van der Waals surface area (Å²) in [5.74, 6) is 1.42. The van der Waals surface area contributed by atoms with Crippen molar-refractivity contribution in [3.05, 3.63) is 106 Å². The van der Waals surface area contributed by atoms with E-state index in [0.717, 1.165) is 18.6 Å². The molecule has 0 bridgehead atoms. The molecule has 2 heteroatoms.